The Hall–Kier alpha value is -0.340. The lowest BCUT2D eigenvalue weighted by Gasteiger charge is -2.30. The zero-order valence-electron chi connectivity index (χ0n) is 6.76. The van der Waals surface area contributed by atoms with Crippen LogP contribution in [0.3, 0.4) is 0 Å². The van der Waals surface area contributed by atoms with Gasteiger partial charge in [0.15, 0.2) is 0 Å². The van der Waals surface area contributed by atoms with Crippen LogP contribution in [0.5, 0.6) is 0 Å². The van der Waals surface area contributed by atoms with Crippen molar-refractivity contribution in [3.63, 3.8) is 0 Å². The molecule has 0 spiro atoms. The molecule has 0 unspecified atom stereocenters. The minimum Gasteiger partial charge on any atom is -0.371 e. The van der Waals surface area contributed by atoms with Crippen LogP contribution in [0.15, 0.2) is 12.2 Å². The topological polar surface area (TPSA) is 12.5 Å². The lowest BCUT2D eigenvalue weighted by molar-refractivity contribution is 0.00111. The average Bonchev–Trinajstić information content (AvgIpc) is 1.88. The summed E-state index contributed by atoms with van der Waals surface area (Å²) in [5, 5.41) is 0. The molecule has 1 atom stereocenters. The highest BCUT2D eigenvalue weighted by Gasteiger charge is 2.17. The summed E-state index contributed by atoms with van der Waals surface area (Å²) in [5.41, 5.74) is 1.13. The van der Waals surface area contributed by atoms with Gasteiger partial charge in [0.1, 0.15) is 0 Å². The second-order valence-corrected chi connectivity index (χ2v) is 2.97. The summed E-state index contributed by atoms with van der Waals surface area (Å²) in [4.78, 5) is 2.27. The number of rotatable bonds is 1. The van der Waals surface area contributed by atoms with E-state index in [1.807, 2.05) is 6.92 Å². The predicted molar refractivity (Wildman–Crippen MR) is 42.1 cm³/mol. The summed E-state index contributed by atoms with van der Waals surface area (Å²) in [6, 6.07) is 0. The highest BCUT2D eigenvalue weighted by Crippen LogP contribution is 2.09. The van der Waals surface area contributed by atoms with Crippen molar-refractivity contribution >= 4 is 0 Å². The van der Waals surface area contributed by atoms with Gasteiger partial charge in [-0.25, -0.2) is 0 Å². The molecular formula is C8H15NO. The van der Waals surface area contributed by atoms with Crippen LogP contribution in [0.25, 0.3) is 0 Å². The maximum atomic E-state index is 5.47. The molecule has 1 aliphatic rings. The molecule has 0 aromatic rings. The minimum absolute atomic E-state index is 0.263. The minimum atomic E-state index is 0.263. The highest BCUT2D eigenvalue weighted by molar-refractivity contribution is 5.00. The van der Waals surface area contributed by atoms with Gasteiger partial charge in [-0.3, -0.25) is 0 Å². The second kappa shape index (κ2) is 3.17. The van der Waals surface area contributed by atoms with Crippen molar-refractivity contribution in [3.8, 4) is 0 Å². The third-order valence-corrected chi connectivity index (χ3v) is 1.82. The summed E-state index contributed by atoms with van der Waals surface area (Å²) in [7, 11) is 2.11. The van der Waals surface area contributed by atoms with Crippen LogP contribution in [-0.4, -0.2) is 37.7 Å². The Labute approximate surface area is 62.5 Å². The third-order valence-electron chi connectivity index (χ3n) is 1.82. The van der Waals surface area contributed by atoms with E-state index in [0.29, 0.717) is 0 Å². The van der Waals surface area contributed by atoms with Gasteiger partial charge in [-0.05, 0) is 14.0 Å². The molecule has 0 bridgehead atoms. The van der Waals surface area contributed by atoms with Crippen LogP contribution in [0.2, 0.25) is 0 Å². The first kappa shape index (κ1) is 7.76. The van der Waals surface area contributed by atoms with Gasteiger partial charge in [-0.15, -0.1) is 0 Å². The maximum Gasteiger partial charge on any atom is 0.0907 e. The summed E-state index contributed by atoms with van der Waals surface area (Å²) < 4.78 is 5.47. The number of likely N-dealkylation sites (N-methyl/N-ethyl adjacent to an activating group) is 1. The van der Waals surface area contributed by atoms with Gasteiger partial charge in [0.25, 0.3) is 0 Å². The molecule has 0 aromatic heterocycles. The first-order chi connectivity index (χ1) is 4.70. The van der Waals surface area contributed by atoms with Crippen molar-refractivity contribution < 1.29 is 4.74 Å². The summed E-state index contributed by atoms with van der Waals surface area (Å²) >= 11 is 0. The van der Waals surface area contributed by atoms with Gasteiger partial charge in [0.05, 0.1) is 12.7 Å². The Bertz CT molecular complexity index is 133. The lowest BCUT2D eigenvalue weighted by atomic mass is 10.1. The lowest BCUT2D eigenvalue weighted by Crippen LogP contribution is -2.40. The van der Waals surface area contributed by atoms with Gasteiger partial charge in [-0.2, -0.15) is 0 Å². The fourth-order valence-electron chi connectivity index (χ4n) is 1.08. The van der Waals surface area contributed by atoms with E-state index in [9.17, 15) is 0 Å². The Morgan fingerprint density at radius 3 is 2.80 bits per heavy atom. The highest BCUT2D eigenvalue weighted by atomic mass is 16.5. The molecule has 1 aliphatic heterocycles. The molecular weight excluding hydrogens is 126 g/mol. The van der Waals surface area contributed by atoms with Crippen LogP contribution >= 0.6 is 0 Å². The largest absolute Gasteiger partial charge is 0.371 e. The fourth-order valence-corrected chi connectivity index (χ4v) is 1.08. The van der Waals surface area contributed by atoms with E-state index in [1.54, 1.807) is 0 Å². The average molecular weight is 141 g/mol. The van der Waals surface area contributed by atoms with Crippen LogP contribution in [0, 0.1) is 0 Å². The number of nitrogens with zero attached hydrogens (tertiary/aromatic N) is 1. The van der Waals surface area contributed by atoms with E-state index in [0.717, 1.165) is 25.3 Å². The summed E-state index contributed by atoms with van der Waals surface area (Å²) in [6.07, 6.45) is 0.263. The Balaban J connectivity index is 2.39. The number of morpholine rings is 1. The van der Waals surface area contributed by atoms with E-state index in [2.05, 4.69) is 18.5 Å². The van der Waals surface area contributed by atoms with Crippen LogP contribution in [0.1, 0.15) is 6.92 Å². The molecule has 1 fully saturated rings. The molecule has 2 heteroatoms. The third kappa shape index (κ3) is 1.82. The molecule has 0 N–H and O–H groups in total. The van der Waals surface area contributed by atoms with Crippen molar-refractivity contribution in [3.05, 3.63) is 12.2 Å². The molecule has 0 radical (unpaired) electrons. The van der Waals surface area contributed by atoms with Gasteiger partial charge in [0.2, 0.25) is 0 Å². The number of hydrogen-bond donors (Lipinski definition) is 0. The van der Waals surface area contributed by atoms with Crippen molar-refractivity contribution in [2.24, 2.45) is 0 Å². The molecule has 0 amide bonds. The van der Waals surface area contributed by atoms with Gasteiger partial charge in [-0.1, -0.05) is 12.2 Å². The first-order valence-corrected chi connectivity index (χ1v) is 3.65. The molecule has 0 aliphatic carbocycles. The zero-order chi connectivity index (χ0) is 7.56. The van der Waals surface area contributed by atoms with Gasteiger partial charge >= 0.3 is 0 Å². The van der Waals surface area contributed by atoms with Crippen molar-refractivity contribution in [2.45, 2.75) is 13.0 Å². The second-order valence-electron chi connectivity index (χ2n) is 2.97. The maximum absolute atomic E-state index is 5.47. The van der Waals surface area contributed by atoms with Crippen LogP contribution < -0.4 is 0 Å². The Morgan fingerprint density at radius 1 is 1.70 bits per heavy atom. The standard InChI is InChI=1S/C8H15NO/c1-7(2)8-6-9(3)4-5-10-8/h8H,1,4-6H2,2-3H3/t8-/m1/s1. The number of ether oxygens (including phenoxy) is 1. The Kier molecular flexibility index (Phi) is 2.46. The molecule has 58 valence electrons. The quantitative estimate of drug-likeness (QED) is 0.503. The van der Waals surface area contributed by atoms with Crippen LogP contribution in [0.4, 0.5) is 0 Å². The number of hydrogen-bond acceptors (Lipinski definition) is 2. The van der Waals surface area contributed by atoms with E-state index >= 15 is 0 Å². The summed E-state index contributed by atoms with van der Waals surface area (Å²) in [5.74, 6) is 0. The van der Waals surface area contributed by atoms with E-state index in [-0.39, 0.29) is 6.10 Å². The summed E-state index contributed by atoms with van der Waals surface area (Å²) in [6.45, 7) is 8.76. The van der Waals surface area contributed by atoms with E-state index in [1.165, 1.54) is 0 Å². The molecule has 1 rings (SSSR count). The molecule has 0 aromatic carbocycles. The predicted octanol–water partition coefficient (Wildman–Crippen LogP) is 0.893. The SMILES string of the molecule is C=C(C)[C@H]1CN(C)CCO1. The molecule has 2 nitrogen and oxygen atoms in total. The monoisotopic (exact) mass is 141 g/mol. The van der Waals surface area contributed by atoms with E-state index in [4.69, 9.17) is 4.74 Å². The fraction of sp³-hybridized carbons (Fsp3) is 0.750. The first-order valence-electron chi connectivity index (χ1n) is 3.65. The van der Waals surface area contributed by atoms with Crippen molar-refractivity contribution in [2.75, 3.05) is 26.7 Å². The molecule has 1 heterocycles. The van der Waals surface area contributed by atoms with Crippen molar-refractivity contribution in [1.29, 1.82) is 0 Å². The Morgan fingerprint density at radius 2 is 2.40 bits per heavy atom. The molecule has 0 saturated carbocycles. The zero-order valence-corrected chi connectivity index (χ0v) is 6.76. The normalized spacial score (nSPS) is 28.4. The van der Waals surface area contributed by atoms with E-state index < -0.39 is 0 Å². The van der Waals surface area contributed by atoms with Gasteiger partial charge in [0, 0.05) is 13.1 Å². The molecule has 10 heavy (non-hydrogen) atoms. The smallest absolute Gasteiger partial charge is 0.0907 e. The van der Waals surface area contributed by atoms with Crippen molar-refractivity contribution in [1.82, 2.24) is 4.90 Å². The van der Waals surface area contributed by atoms with Crippen LogP contribution in [-0.2, 0) is 4.74 Å². The molecule has 1 saturated heterocycles. The van der Waals surface area contributed by atoms with Gasteiger partial charge < -0.3 is 9.64 Å².